The third kappa shape index (κ3) is 3.10. The fraction of sp³-hybridized carbons (Fsp3) is 0.538. The lowest BCUT2D eigenvalue weighted by Gasteiger charge is -2.26. The van der Waals surface area contributed by atoms with Gasteiger partial charge >= 0.3 is 0 Å². The Morgan fingerprint density at radius 3 is 3.00 bits per heavy atom. The molecule has 1 aromatic rings. The van der Waals surface area contributed by atoms with Gasteiger partial charge in [0.15, 0.2) is 0 Å². The lowest BCUT2D eigenvalue weighted by atomic mass is 9.99. The summed E-state index contributed by atoms with van der Waals surface area (Å²) in [6.45, 7) is 3.12. The summed E-state index contributed by atoms with van der Waals surface area (Å²) in [6, 6.07) is 4.27. The molecule has 1 aliphatic heterocycles. The Bertz CT molecular complexity index is 436. The molecular formula is C13H20N4S. The number of amidine groups is 2. The van der Waals surface area contributed by atoms with Gasteiger partial charge in [0, 0.05) is 30.8 Å². The first kappa shape index (κ1) is 13.1. The maximum absolute atomic E-state index is 5.83. The van der Waals surface area contributed by atoms with E-state index in [2.05, 4.69) is 46.6 Å². The Balaban J connectivity index is 1.91. The fourth-order valence-corrected chi connectivity index (χ4v) is 2.71. The molecule has 2 N–H and O–H groups in total. The Hall–Kier alpha value is -1.36. The van der Waals surface area contributed by atoms with E-state index in [0.717, 1.165) is 31.6 Å². The Morgan fingerprint density at radius 2 is 2.33 bits per heavy atom. The molecule has 98 valence electrons. The summed E-state index contributed by atoms with van der Waals surface area (Å²) < 4.78 is 0. The van der Waals surface area contributed by atoms with E-state index in [4.69, 9.17) is 5.73 Å². The highest BCUT2D eigenvalue weighted by Gasteiger charge is 2.20. The maximum Gasteiger partial charge on any atom is 0.128 e. The van der Waals surface area contributed by atoms with Crippen molar-refractivity contribution in [2.24, 2.45) is 21.9 Å². The van der Waals surface area contributed by atoms with Crippen molar-refractivity contribution in [2.75, 3.05) is 13.6 Å². The second-order valence-electron chi connectivity index (χ2n) is 4.60. The summed E-state index contributed by atoms with van der Waals surface area (Å²) >= 11 is 1.80. The first-order chi connectivity index (χ1) is 8.70. The van der Waals surface area contributed by atoms with E-state index in [1.165, 1.54) is 4.88 Å². The van der Waals surface area contributed by atoms with Gasteiger partial charge in [-0.25, -0.2) is 0 Å². The molecule has 0 fully saturated rings. The molecule has 0 amide bonds. The van der Waals surface area contributed by atoms with Gasteiger partial charge < -0.3 is 10.6 Å². The maximum atomic E-state index is 5.83. The van der Waals surface area contributed by atoms with Gasteiger partial charge in [-0.1, -0.05) is 13.0 Å². The predicted molar refractivity (Wildman–Crippen MR) is 78.1 cm³/mol. The first-order valence-electron chi connectivity index (χ1n) is 6.34. The predicted octanol–water partition coefficient (Wildman–Crippen LogP) is 2.32. The lowest BCUT2D eigenvalue weighted by Crippen LogP contribution is -2.36. The van der Waals surface area contributed by atoms with Gasteiger partial charge in [0.25, 0.3) is 0 Å². The molecule has 0 aromatic carbocycles. The van der Waals surface area contributed by atoms with Gasteiger partial charge in [0.1, 0.15) is 11.7 Å². The second kappa shape index (κ2) is 6.00. The van der Waals surface area contributed by atoms with E-state index in [-0.39, 0.29) is 0 Å². The van der Waals surface area contributed by atoms with Crippen LogP contribution in [-0.2, 0) is 6.42 Å². The SMILES string of the molecule is CCC1CC(N(C)CCc2cccs2)=NN=C1N. The van der Waals surface area contributed by atoms with Crippen LogP contribution >= 0.6 is 11.3 Å². The molecule has 1 atom stereocenters. The van der Waals surface area contributed by atoms with Gasteiger partial charge in [0.05, 0.1) is 0 Å². The van der Waals surface area contributed by atoms with Gasteiger partial charge in [0.2, 0.25) is 0 Å². The molecule has 4 nitrogen and oxygen atoms in total. The van der Waals surface area contributed by atoms with Gasteiger partial charge in [-0.3, -0.25) is 0 Å². The van der Waals surface area contributed by atoms with Gasteiger partial charge in [-0.15, -0.1) is 21.5 Å². The van der Waals surface area contributed by atoms with Crippen LogP contribution in [-0.4, -0.2) is 30.2 Å². The lowest BCUT2D eigenvalue weighted by molar-refractivity contribution is 0.479. The fourth-order valence-electron chi connectivity index (χ4n) is 2.01. The van der Waals surface area contributed by atoms with Crippen molar-refractivity contribution in [3.63, 3.8) is 0 Å². The number of nitrogens with zero attached hydrogens (tertiary/aromatic N) is 3. The van der Waals surface area contributed by atoms with Gasteiger partial charge in [-0.2, -0.15) is 0 Å². The molecule has 1 aromatic heterocycles. The molecule has 0 spiro atoms. The molecule has 0 saturated heterocycles. The second-order valence-corrected chi connectivity index (χ2v) is 5.63. The molecule has 1 unspecified atom stereocenters. The highest BCUT2D eigenvalue weighted by atomic mass is 32.1. The Kier molecular flexibility index (Phi) is 4.36. The third-order valence-electron chi connectivity index (χ3n) is 3.34. The zero-order valence-corrected chi connectivity index (χ0v) is 11.8. The monoisotopic (exact) mass is 264 g/mol. The summed E-state index contributed by atoms with van der Waals surface area (Å²) in [7, 11) is 2.08. The summed E-state index contributed by atoms with van der Waals surface area (Å²) in [6.07, 6.45) is 2.99. The van der Waals surface area contributed by atoms with E-state index in [1.807, 2.05) is 0 Å². The Labute approximate surface area is 112 Å². The van der Waals surface area contributed by atoms with E-state index < -0.39 is 0 Å². The summed E-state index contributed by atoms with van der Waals surface area (Å²) in [5.74, 6) is 2.07. The largest absolute Gasteiger partial charge is 0.385 e. The molecule has 18 heavy (non-hydrogen) atoms. The van der Waals surface area contributed by atoms with Crippen LogP contribution in [0.3, 0.4) is 0 Å². The standard InChI is InChI=1S/C13H20N4S/c1-3-10-9-12(15-16-13(10)14)17(2)7-6-11-5-4-8-18-11/h4-5,8,10H,3,6-7,9H2,1-2H3,(H2,14,16). The zero-order valence-electron chi connectivity index (χ0n) is 11.0. The zero-order chi connectivity index (χ0) is 13.0. The Morgan fingerprint density at radius 1 is 1.50 bits per heavy atom. The quantitative estimate of drug-likeness (QED) is 0.907. The minimum Gasteiger partial charge on any atom is -0.385 e. The topological polar surface area (TPSA) is 54.0 Å². The molecule has 0 aliphatic carbocycles. The molecule has 1 aliphatic rings. The van der Waals surface area contributed by atoms with Crippen molar-refractivity contribution < 1.29 is 0 Å². The van der Waals surface area contributed by atoms with Gasteiger partial charge in [-0.05, 0) is 24.3 Å². The number of hydrogen-bond acceptors (Lipinski definition) is 5. The summed E-state index contributed by atoms with van der Waals surface area (Å²) in [4.78, 5) is 3.60. The minimum absolute atomic E-state index is 0.349. The molecular weight excluding hydrogens is 244 g/mol. The normalized spacial score (nSPS) is 19.3. The molecule has 5 heteroatoms. The van der Waals surface area contributed by atoms with Crippen molar-refractivity contribution in [1.82, 2.24) is 4.90 Å². The van der Waals surface area contributed by atoms with E-state index in [1.54, 1.807) is 11.3 Å². The molecule has 0 bridgehead atoms. The average Bonchev–Trinajstić information content (AvgIpc) is 2.89. The number of thiophene rings is 1. The molecule has 0 radical (unpaired) electrons. The summed E-state index contributed by atoms with van der Waals surface area (Å²) in [5, 5.41) is 10.4. The highest BCUT2D eigenvalue weighted by molar-refractivity contribution is 7.09. The van der Waals surface area contributed by atoms with E-state index in [9.17, 15) is 0 Å². The van der Waals surface area contributed by atoms with Crippen LogP contribution in [0.5, 0.6) is 0 Å². The van der Waals surface area contributed by atoms with Crippen LogP contribution < -0.4 is 5.73 Å². The highest BCUT2D eigenvalue weighted by Crippen LogP contribution is 2.16. The molecule has 0 saturated carbocycles. The molecule has 2 rings (SSSR count). The van der Waals surface area contributed by atoms with Crippen LogP contribution in [0.2, 0.25) is 0 Å². The number of likely N-dealkylation sites (N-methyl/N-ethyl adjacent to an activating group) is 1. The van der Waals surface area contributed by atoms with Crippen LogP contribution in [0.4, 0.5) is 0 Å². The van der Waals surface area contributed by atoms with E-state index in [0.29, 0.717) is 11.8 Å². The minimum atomic E-state index is 0.349. The smallest absolute Gasteiger partial charge is 0.128 e. The van der Waals surface area contributed by atoms with Crippen molar-refractivity contribution in [2.45, 2.75) is 26.2 Å². The van der Waals surface area contributed by atoms with Crippen LogP contribution in [0.25, 0.3) is 0 Å². The van der Waals surface area contributed by atoms with Crippen molar-refractivity contribution >= 4 is 23.0 Å². The van der Waals surface area contributed by atoms with Crippen LogP contribution in [0.15, 0.2) is 27.7 Å². The van der Waals surface area contributed by atoms with Crippen molar-refractivity contribution in [3.8, 4) is 0 Å². The van der Waals surface area contributed by atoms with Crippen LogP contribution in [0.1, 0.15) is 24.6 Å². The number of nitrogens with two attached hydrogens (primary N) is 1. The van der Waals surface area contributed by atoms with Crippen molar-refractivity contribution in [1.29, 1.82) is 0 Å². The average molecular weight is 264 g/mol. The van der Waals surface area contributed by atoms with Crippen molar-refractivity contribution in [3.05, 3.63) is 22.4 Å². The molecule has 2 heterocycles. The van der Waals surface area contributed by atoms with E-state index >= 15 is 0 Å². The number of rotatable bonds is 4. The summed E-state index contributed by atoms with van der Waals surface area (Å²) in [5.41, 5.74) is 5.83. The third-order valence-corrected chi connectivity index (χ3v) is 4.27. The first-order valence-corrected chi connectivity index (χ1v) is 7.22. The van der Waals surface area contributed by atoms with Crippen LogP contribution in [0, 0.1) is 5.92 Å². The number of hydrogen-bond donors (Lipinski definition) is 1.